The summed E-state index contributed by atoms with van der Waals surface area (Å²) in [6.45, 7) is 12.6. The first-order valence-electron chi connectivity index (χ1n) is 12.2. The molecule has 3 atom stereocenters. The van der Waals surface area contributed by atoms with Crippen LogP contribution in [0.5, 0.6) is 0 Å². The molecule has 0 spiro atoms. The number of hydrogen-bond acceptors (Lipinski definition) is 4. The number of likely N-dealkylation sites (tertiary alicyclic amines) is 1. The summed E-state index contributed by atoms with van der Waals surface area (Å²) in [5.74, 6) is 0.623. The van der Waals surface area contributed by atoms with Crippen molar-refractivity contribution in [2.45, 2.75) is 59.9 Å². The molecule has 2 saturated heterocycles. The number of carbonyl (C=O) groups is 3. The molecule has 0 aromatic heterocycles. The van der Waals surface area contributed by atoms with E-state index in [0.29, 0.717) is 18.0 Å². The molecule has 3 rings (SSSR count). The van der Waals surface area contributed by atoms with Crippen molar-refractivity contribution in [2.24, 2.45) is 17.8 Å². The SMILES string of the molecule is CC(=O)N1CCC(CN(C)c2cc(C)cc(C(=O)NCC3C(=O)NC(C)CC3C)c2C)CC1. The van der Waals surface area contributed by atoms with Crippen LogP contribution in [0.2, 0.25) is 0 Å². The fourth-order valence-corrected chi connectivity index (χ4v) is 5.37. The zero-order valence-corrected chi connectivity index (χ0v) is 21.0. The lowest BCUT2D eigenvalue weighted by Gasteiger charge is -2.34. The summed E-state index contributed by atoms with van der Waals surface area (Å²) in [6, 6.07) is 4.25. The van der Waals surface area contributed by atoms with Gasteiger partial charge in [0.25, 0.3) is 5.91 Å². The Balaban J connectivity index is 1.65. The maximum Gasteiger partial charge on any atom is 0.251 e. The first-order chi connectivity index (χ1) is 15.6. The van der Waals surface area contributed by atoms with Gasteiger partial charge in [-0.3, -0.25) is 14.4 Å². The molecule has 1 aromatic carbocycles. The highest BCUT2D eigenvalue weighted by atomic mass is 16.2. The molecule has 7 heteroatoms. The Hall–Kier alpha value is -2.57. The van der Waals surface area contributed by atoms with Crippen molar-refractivity contribution in [2.75, 3.05) is 38.1 Å². The van der Waals surface area contributed by atoms with Gasteiger partial charge >= 0.3 is 0 Å². The van der Waals surface area contributed by atoms with Crippen molar-refractivity contribution in [1.82, 2.24) is 15.5 Å². The second-order valence-electron chi connectivity index (χ2n) is 10.2. The van der Waals surface area contributed by atoms with Gasteiger partial charge in [-0.25, -0.2) is 0 Å². The molecule has 0 radical (unpaired) electrons. The van der Waals surface area contributed by atoms with Gasteiger partial charge in [0.05, 0.1) is 5.92 Å². The maximum absolute atomic E-state index is 13.1. The molecule has 33 heavy (non-hydrogen) atoms. The van der Waals surface area contributed by atoms with Crippen molar-refractivity contribution < 1.29 is 14.4 Å². The van der Waals surface area contributed by atoms with Crippen molar-refractivity contribution in [3.05, 3.63) is 28.8 Å². The van der Waals surface area contributed by atoms with Gasteiger partial charge in [-0.05, 0) is 75.1 Å². The lowest BCUT2D eigenvalue weighted by Crippen LogP contribution is -2.50. The summed E-state index contributed by atoms with van der Waals surface area (Å²) in [5, 5.41) is 6.02. The number of carbonyl (C=O) groups excluding carboxylic acids is 3. The number of anilines is 1. The lowest BCUT2D eigenvalue weighted by atomic mass is 9.84. The van der Waals surface area contributed by atoms with Gasteiger partial charge in [0, 0.05) is 57.4 Å². The Kier molecular flexibility index (Phi) is 8.03. The van der Waals surface area contributed by atoms with E-state index in [-0.39, 0.29) is 35.6 Å². The predicted octanol–water partition coefficient (Wildman–Crippen LogP) is 2.89. The minimum absolute atomic E-state index is 0.0266. The van der Waals surface area contributed by atoms with Crippen LogP contribution in [-0.4, -0.2) is 61.9 Å². The van der Waals surface area contributed by atoms with Crippen LogP contribution >= 0.6 is 0 Å². The van der Waals surface area contributed by atoms with Gasteiger partial charge in [0.1, 0.15) is 0 Å². The molecular weight excluding hydrogens is 416 g/mol. The molecule has 3 unspecified atom stereocenters. The Bertz CT molecular complexity index is 892. The standard InChI is InChI=1S/C26H40N4O3/c1-16-11-22(25(32)27-14-23-17(2)13-18(3)28-26(23)33)19(4)24(12-16)29(6)15-21-7-9-30(10-8-21)20(5)31/h11-12,17-18,21,23H,7-10,13-15H2,1-6H3,(H,27,32)(H,28,33). The number of nitrogens with one attached hydrogen (secondary N) is 2. The Morgan fingerprint density at radius 2 is 1.85 bits per heavy atom. The van der Waals surface area contributed by atoms with Crippen LogP contribution in [0.4, 0.5) is 5.69 Å². The van der Waals surface area contributed by atoms with E-state index < -0.39 is 0 Å². The Labute approximate surface area is 198 Å². The second-order valence-corrected chi connectivity index (χ2v) is 10.2. The van der Waals surface area contributed by atoms with E-state index in [2.05, 4.69) is 35.6 Å². The van der Waals surface area contributed by atoms with Crippen LogP contribution in [0.15, 0.2) is 12.1 Å². The number of hydrogen-bond donors (Lipinski definition) is 2. The van der Waals surface area contributed by atoms with Crippen molar-refractivity contribution in [3.63, 3.8) is 0 Å². The molecule has 2 N–H and O–H groups in total. The molecule has 0 bridgehead atoms. The number of aryl methyl sites for hydroxylation is 1. The van der Waals surface area contributed by atoms with Gasteiger partial charge in [0.2, 0.25) is 11.8 Å². The summed E-state index contributed by atoms with van der Waals surface area (Å²) in [6.07, 6.45) is 2.93. The monoisotopic (exact) mass is 456 g/mol. The van der Waals surface area contributed by atoms with Crippen LogP contribution in [0.1, 0.15) is 61.5 Å². The number of benzene rings is 1. The molecular formula is C26H40N4O3. The third-order valence-corrected chi connectivity index (χ3v) is 7.39. The van der Waals surface area contributed by atoms with Crippen LogP contribution in [0.3, 0.4) is 0 Å². The molecule has 7 nitrogen and oxygen atoms in total. The summed E-state index contributed by atoms with van der Waals surface area (Å²) < 4.78 is 0. The highest BCUT2D eigenvalue weighted by molar-refractivity contribution is 5.97. The molecule has 2 aliphatic rings. The summed E-state index contributed by atoms with van der Waals surface area (Å²) in [5.41, 5.74) is 3.72. The van der Waals surface area contributed by atoms with Gasteiger partial charge in [-0.2, -0.15) is 0 Å². The van der Waals surface area contributed by atoms with Gasteiger partial charge < -0.3 is 20.4 Å². The van der Waals surface area contributed by atoms with E-state index in [1.54, 1.807) is 6.92 Å². The summed E-state index contributed by atoms with van der Waals surface area (Å²) in [4.78, 5) is 41.2. The van der Waals surface area contributed by atoms with Crippen LogP contribution < -0.4 is 15.5 Å². The average Bonchev–Trinajstić information content (AvgIpc) is 2.74. The quantitative estimate of drug-likeness (QED) is 0.690. The van der Waals surface area contributed by atoms with E-state index in [4.69, 9.17) is 0 Å². The van der Waals surface area contributed by atoms with Gasteiger partial charge in [-0.1, -0.05) is 6.92 Å². The number of rotatable bonds is 6. The topological polar surface area (TPSA) is 81.8 Å². The molecule has 3 amide bonds. The molecule has 0 saturated carbocycles. The van der Waals surface area contributed by atoms with E-state index in [1.165, 1.54) is 0 Å². The van der Waals surface area contributed by atoms with E-state index in [0.717, 1.165) is 55.7 Å². The largest absolute Gasteiger partial charge is 0.374 e. The molecule has 2 heterocycles. The zero-order valence-electron chi connectivity index (χ0n) is 21.0. The van der Waals surface area contributed by atoms with Crippen LogP contribution in [0.25, 0.3) is 0 Å². The number of nitrogens with zero attached hydrogens (tertiary/aromatic N) is 2. The number of piperidine rings is 2. The van der Waals surface area contributed by atoms with Crippen LogP contribution in [0, 0.1) is 31.6 Å². The molecule has 1 aromatic rings. The molecule has 2 fully saturated rings. The fourth-order valence-electron chi connectivity index (χ4n) is 5.37. The highest BCUT2D eigenvalue weighted by Crippen LogP contribution is 2.28. The molecule has 182 valence electrons. The fraction of sp³-hybridized carbons (Fsp3) is 0.654. The average molecular weight is 457 g/mol. The van der Waals surface area contributed by atoms with Gasteiger partial charge in [-0.15, -0.1) is 0 Å². The highest BCUT2D eigenvalue weighted by Gasteiger charge is 2.32. The van der Waals surface area contributed by atoms with E-state index >= 15 is 0 Å². The minimum atomic E-state index is -0.196. The third kappa shape index (κ3) is 6.06. The normalized spacial score (nSPS) is 23.8. The van der Waals surface area contributed by atoms with E-state index in [1.807, 2.05) is 31.7 Å². The second kappa shape index (κ2) is 10.6. The number of amides is 3. The van der Waals surface area contributed by atoms with Crippen molar-refractivity contribution in [1.29, 1.82) is 0 Å². The molecule has 2 aliphatic heterocycles. The Morgan fingerprint density at radius 3 is 2.45 bits per heavy atom. The van der Waals surface area contributed by atoms with Crippen molar-refractivity contribution >= 4 is 23.4 Å². The first-order valence-corrected chi connectivity index (χ1v) is 12.2. The smallest absolute Gasteiger partial charge is 0.251 e. The molecule has 0 aliphatic carbocycles. The Morgan fingerprint density at radius 1 is 1.18 bits per heavy atom. The van der Waals surface area contributed by atoms with Gasteiger partial charge in [0.15, 0.2) is 0 Å². The first kappa shape index (κ1) is 25.1. The third-order valence-electron chi connectivity index (χ3n) is 7.39. The zero-order chi connectivity index (χ0) is 24.3. The lowest BCUT2D eigenvalue weighted by molar-refractivity contribution is -0.130. The minimum Gasteiger partial charge on any atom is -0.374 e. The summed E-state index contributed by atoms with van der Waals surface area (Å²) >= 11 is 0. The van der Waals surface area contributed by atoms with Crippen LogP contribution in [-0.2, 0) is 9.59 Å². The predicted molar refractivity (Wildman–Crippen MR) is 131 cm³/mol. The van der Waals surface area contributed by atoms with Crippen molar-refractivity contribution in [3.8, 4) is 0 Å². The maximum atomic E-state index is 13.1. The summed E-state index contributed by atoms with van der Waals surface area (Å²) in [7, 11) is 2.08. The van der Waals surface area contributed by atoms with E-state index in [9.17, 15) is 14.4 Å².